The maximum Gasteiger partial charge on any atom is 0.322 e. The van der Waals surface area contributed by atoms with Crippen molar-refractivity contribution in [1.82, 2.24) is 15.5 Å². The molecule has 1 saturated heterocycles. The van der Waals surface area contributed by atoms with Gasteiger partial charge in [-0.3, -0.25) is 28.8 Å². The number of amides is 4. The van der Waals surface area contributed by atoms with Crippen LogP contribution in [-0.4, -0.2) is 81.9 Å². The summed E-state index contributed by atoms with van der Waals surface area (Å²) in [4.78, 5) is 70.4. The van der Waals surface area contributed by atoms with Gasteiger partial charge in [0.2, 0.25) is 23.6 Å². The van der Waals surface area contributed by atoms with Crippen LogP contribution in [0.5, 0.6) is 0 Å². The van der Waals surface area contributed by atoms with E-state index in [1.165, 1.54) is 0 Å². The predicted octanol–water partition coefficient (Wildman–Crippen LogP) is -3.66. The molecule has 3 atom stereocenters. The van der Waals surface area contributed by atoms with Crippen molar-refractivity contribution in [2.45, 2.75) is 43.8 Å². The molecule has 1 heterocycles. The molecule has 0 aromatic carbocycles. The molecule has 0 aromatic rings. The van der Waals surface area contributed by atoms with Crippen molar-refractivity contribution < 1.29 is 39.0 Å². The van der Waals surface area contributed by atoms with Crippen LogP contribution < -0.4 is 22.1 Å². The minimum atomic E-state index is -1.42. The second-order valence-corrected chi connectivity index (χ2v) is 6.24. The molecular weight excluding hydrogens is 378 g/mol. The maximum atomic E-state index is 12.5. The fourth-order valence-electron chi connectivity index (χ4n) is 2.76. The van der Waals surface area contributed by atoms with E-state index in [1.807, 2.05) is 5.32 Å². The Balaban J connectivity index is 2.83. The van der Waals surface area contributed by atoms with E-state index in [2.05, 4.69) is 5.32 Å². The average molecular weight is 401 g/mol. The fraction of sp³-hybridized carbons (Fsp3) is 0.600. The van der Waals surface area contributed by atoms with E-state index in [9.17, 15) is 28.8 Å². The second-order valence-electron chi connectivity index (χ2n) is 6.24. The number of nitrogens with one attached hydrogen (secondary N) is 2. The van der Waals surface area contributed by atoms with Gasteiger partial charge < -0.3 is 37.2 Å². The van der Waals surface area contributed by atoms with Crippen LogP contribution in [0.1, 0.15) is 25.7 Å². The molecule has 0 spiro atoms. The number of nitrogens with zero attached hydrogens (tertiary/aromatic N) is 1. The summed E-state index contributed by atoms with van der Waals surface area (Å²) >= 11 is 0. The molecule has 156 valence electrons. The summed E-state index contributed by atoms with van der Waals surface area (Å²) in [6.45, 7) is -0.544. The van der Waals surface area contributed by atoms with Crippen molar-refractivity contribution in [3.8, 4) is 0 Å². The Bertz CT molecular complexity index is 667. The number of aliphatic carboxylic acids is 2. The summed E-state index contributed by atoms with van der Waals surface area (Å²) < 4.78 is 0. The Kier molecular flexibility index (Phi) is 8.31. The van der Waals surface area contributed by atoms with Gasteiger partial charge in [0.1, 0.15) is 18.6 Å². The summed E-state index contributed by atoms with van der Waals surface area (Å²) in [6, 6.07) is -3.75. The molecule has 0 bridgehead atoms. The molecule has 4 amide bonds. The molecule has 1 rings (SSSR count). The van der Waals surface area contributed by atoms with Crippen LogP contribution in [0, 0.1) is 0 Å². The third kappa shape index (κ3) is 6.83. The number of carbonyl (C=O) groups is 6. The lowest BCUT2D eigenvalue weighted by Gasteiger charge is -2.27. The van der Waals surface area contributed by atoms with E-state index in [-0.39, 0.29) is 13.0 Å². The van der Waals surface area contributed by atoms with Gasteiger partial charge in [-0.05, 0) is 12.8 Å². The largest absolute Gasteiger partial charge is 0.481 e. The number of nitrogens with two attached hydrogens (primary N) is 2. The lowest BCUT2D eigenvalue weighted by Crippen LogP contribution is -2.56. The third-order valence-electron chi connectivity index (χ3n) is 4.00. The van der Waals surface area contributed by atoms with Crippen LogP contribution in [0.2, 0.25) is 0 Å². The van der Waals surface area contributed by atoms with Crippen molar-refractivity contribution in [3.63, 3.8) is 0 Å². The Morgan fingerprint density at radius 1 is 1.07 bits per heavy atom. The Morgan fingerprint density at radius 3 is 2.25 bits per heavy atom. The van der Waals surface area contributed by atoms with Crippen LogP contribution in [0.15, 0.2) is 0 Å². The zero-order valence-electron chi connectivity index (χ0n) is 14.9. The lowest BCUT2D eigenvalue weighted by molar-refractivity contribution is -0.144. The maximum absolute atomic E-state index is 12.5. The van der Waals surface area contributed by atoms with Gasteiger partial charge in [0.25, 0.3) is 0 Å². The zero-order valence-corrected chi connectivity index (χ0v) is 14.9. The first-order valence-electron chi connectivity index (χ1n) is 8.39. The molecule has 1 aliphatic heterocycles. The average Bonchev–Trinajstić information content (AvgIpc) is 3.06. The molecule has 0 unspecified atom stereocenters. The highest BCUT2D eigenvalue weighted by molar-refractivity contribution is 5.96. The van der Waals surface area contributed by atoms with E-state index >= 15 is 0 Å². The van der Waals surface area contributed by atoms with Gasteiger partial charge in [-0.1, -0.05) is 0 Å². The number of carboxylic acid groups (broad SMARTS) is 2. The van der Waals surface area contributed by atoms with Crippen LogP contribution >= 0.6 is 0 Å². The normalized spacial score (nSPS) is 18.0. The van der Waals surface area contributed by atoms with E-state index in [1.54, 1.807) is 0 Å². The number of carbonyl (C=O) groups excluding carboxylic acids is 4. The van der Waals surface area contributed by atoms with Gasteiger partial charge >= 0.3 is 11.9 Å². The summed E-state index contributed by atoms with van der Waals surface area (Å²) in [6.07, 6.45) is -0.478. The summed E-state index contributed by atoms with van der Waals surface area (Å²) in [7, 11) is 0. The van der Waals surface area contributed by atoms with Crippen molar-refractivity contribution in [1.29, 1.82) is 0 Å². The highest BCUT2D eigenvalue weighted by atomic mass is 16.4. The molecule has 1 aliphatic rings. The van der Waals surface area contributed by atoms with Crippen LogP contribution in [0.3, 0.4) is 0 Å². The van der Waals surface area contributed by atoms with Gasteiger partial charge in [0.15, 0.2) is 0 Å². The van der Waals surface area contributed by atoms with E-state index in [0.717, 1.165) is 4.90 Å². The van der Waals surface area contributed by atoms with Gasteiger partial charge in [-0.2, -0.15) is 0 Å². The first-order valence-corrected chi connectivity index (χ1v) is 8.39. The number of carboxylic acids is 2. The Hall–Kier alpha value is -3.22. The molecule has 0 saturated carbocycles. The molecule has 0 radical (unpaired) electrons. The highest BCUT2D eigenvalue weighted by Crippen LogP contribution is 2.19. The standard InChI is InChI=1S/C15H23N5O8/c16-7(4-11(22)23)15(28)20-3-1-2-9(20)14(27)19-8(5-10(17)21)13(26)18-6-12(24)25/h7-9H,1-6,16H2,(H2,17,21)(H,18,26)(H,19,27)(H,22,23)(H,24,25)/t7-,8-,9-/m0/s1. The molecule has 13 nitrogen and oxygen atoms in total. The van der Waals surface area contributed by atoms with Crippen LogP contribution in [-0.2, 0) is 28.8 Å². The van der Waals surface area contributed by atoms with Crippen LogP contribution in [0.4, 0.5) is 0 Å². The van der Waals surface area contributed by atoms with E-state index in [4.69, 9.17) is 21.7 Å². The monoisotopic (exact) mass is 401 g/mol. The Morgan fingerprint density at radius 2 is 1.71 bits per heavy atom. The highest BCUT2D eigenvalue weighted by Gasteiger charge is 2.38. The molecule has 1 fully saturated rings. The second kappa shape index (κ2) is 10.2. The zero-order chi connectivity index (χ0) is 21.4. The van der Waals surface area contributed by atoms with Gasteiger partial charge in [0.05, 0.1) is 18.9 Å². The van der Waals surface area contributed by atoms with Gasteiger partial charge in [-0.25, -0.2) is 0 Å². The quantitative estimate of drug-likeness (QED) is 0.212. The van der Waals surface area contributed by atoms with E-state index in [0.29, 0.717) is 6.42 Å². The minimum absolute atomic E-state index is 0.177. The molecule has 13 heteroatoms. The third-order valence-corrected chi connectivity index (χ3v) is 4.00. The van der Waals surface area contributed by atoms with Gasteiger partial charge in [0, 0.05) is 6.54 Å². The van der Waals surface area contributed by atoms with Crippen molar-refractivity contribution in [2.75, 3.05) is 13.1 Å². The smallest absolute Gasteiger partial charge is 0.322 e. The van der Waals surface area contributed by atoms with E-state index < -0.39 is 73.1 Å². The molecule has 8 N–H and O–H groups in total. The summed E-state index contributed by atoms with van der Waals surface area (Å²) in [5.74, 6) is -5.89. The molecular formula is C15H23N5O8. The van der Waals surface area contributed by atoms with Crippen molar-refractivity contribution in [2.24, 2.45) is 11.5 Å². The number of rotatable bonds is 10. The minimum Gasteiger partial charge on any atom is -0.481 e. The topological polar surface area (TPSA) is 222 Å². The lowest BCUT2D eigenvalue weighted by atomic mass is 10.1. The fourth-order valence-corrected chi connectivity index (χ4v) is 2.76. The first-order chi connectivity index (χ1) is 13.0. The van der Waals surface area contributed by atoms with Crippen LogP contribution in [0.25, 0.3) is 0 Å². The summed E-state index contributed by atoms with van der Waals surface area (Å²) in [5.41, 5.74) is 10.6. The van der Waals surface area contributed by atoms with Gasteiger partial charge in [-0.15, -0.1) is 0 Å². The number of primary amides is 1. The molecule has 28 heavy (non-hydrogen) atoms. The predicted molar refractivity (Wildman–Crippen MR) is 91.4 cm³/mol. The van der Waals surface area contributed by atoms with Crippen molar-refractivity contribution >= 4 is 35.6 Å². The number of hydrogen-bond donors (Lipinski definition) is 6. The SMILES string of the molecule is NC(=O)C[C@H](NC(=O)[C@@H]1CCCN1C(=O)[C@@H](N)CC(=O)O)C(=O)NCC(=O)O. The molecule has 0 aliphatic carbocycles. The summed E-state index contributed by atoms with van der Waals surface area (Å²) in [5, 5.41) is 21.7. The number of hydrogen-bond acceptors (Lipinski definition) is 7. The Labute approximate surface area is 159 Å². The molecule has 0 aromatic heterocycles. The van der Waals surface area contributed by atoms with Crippen molar-refractivity contribution in [3.05, 3.63) is 0 Å². The first kappa shape index (κ1) is 22.8. The number of likely N-dealkylation sites (tertiary alicyclic amines) is 1.